The Morgan fingerprint density at radius 1 is 1.30 bits per heavy atom. The third-order valence-electron chi connectivity index (χ3n) is 3.55. The third kappa shape index (κ3) is 2.33. The van der Waals surface area contributed by atoms with Crippen molar-refractivity contribution < 1.29 is 0 Å². The first-order valence-corrected chi connectivity index (χ1v) is 7.58. The summed E-state index contributed by atoms with van der Waals surface area (Å²) in [6.07, 6.45) is 2.84. The predicted octanol–water partition coefficient (Wildman–Crippen LogP) is 3.41. The summed E-state index contributed by atoms with van der Waals surface area (Å²) < 4.78 is 0. The fourth-order valence-electron chi connectivity index (χ4n) is 2.48. The molecule has 1 aromatic carbocycles. The highest BCUT2D eigenvalue weighted by atomic mass is 32.1. The topological polar surface area (TPSA) is 50.9 Å². The number of benzene rings is 1. The molecule has 0 aliphatic carbocycles. The summed E-state index contributed by atoms with van der Waals surface area (Å²) in [5.74, 6) is 5.80. The van der Waals surface area contributed by atoms with E-state index in [0.29, 0.717) is 0 Å². The Kier molecular flexibility index (Phi) is 3.78. The molecular formula is C16H17N3S. The number of hydrogen-bond acceptors (Lipinski definition) is 4. The molecule has 0 saturated heterocycles. The van der Waals surface area contributed by atoms with Crippen molar-refractivity contribution in [3.8, 4) is 0 Å². The molecule has 0 radical (unpaired) electrons. The maximum Gasteiger partial charge on any atom is 0.0806 e. The van der Waals surface area contributed by atoms with Gasteiger partial charge < -0.3 is 0 Å². The van der Waals surface area contributed by atoms with Crippen LogP contribution in [0.3, 0.4) is 0 Å². The zero-order valence-electron chi connectivity index (χ0n) is 11.3. The van der Waals surface area contributed by atoms with E-state index in [2.05, 4.69) is 53.0 Å². The first-order chi connectivity index (χ1) is 9.83. The van der Waals surface area contributed by atoms with Gasteiger partial charge in [0.2, 0.25) is 0 Å². The molecule has 0 aliphatic heterocycles. The molecule has 3 nitrogen and oxygen atoms in total. The van der Waals surface area contributed by atoms with Crippen LogP contribution in [0.4, 0.5) is 0 Å². The van der Waals surface area contributed by atoms with Crippen molar-refractivity contribution in [1.82, 2.24) is 10.4 Å². The lowest BCUT2D eigenvalue weighted by Crippen LogP contribution is -2.28. The summed E-state index contributed by atoms with van der Waals surface area (Å²) in [5, 5.41) is 3.27. The number of aryl methyl sites for hydroxylation is 1. The highest BCUT2D eigenvalue weighted by molar-refractivity contribution is 7.10. The number of aromatic nitrogens is 1. The van der Waals surface area contributed by atoms with E-state index in [9.17, 15) is 0 Å². The summed E-state index contributed by atoms with van der Waals surface area (Å²) in [7, 11) is 0. The van der Waals surface area contributed by atoms with Crippen LogP contribution in [0.1, 0.15) is 29.0 Å². The second kappa shape index (κ2) is 5.71. The molecule has 0 spiro atoms. The van der Waals surface area contributed by atoms with Crippen molar-refractivity contribution in [3.63, 3.8) is 0 Å². The van der Waals surface area contributed by atoms with Crippen molar-refractivity contribution in [1.29, 1.82) is 0 Å². The molecule has 4 heteroatoms. The van der Waals surface area contributed by atoms with Crippen molar-refractivity contribution in [2.75, 3.05) is 0 Å². The van der Waals surface area contributed by atoms with Crippen LogP contribution >= 0.6 is 11.3 Å². The minimum atomic E-state index is 0.0244. The Labute approximate surface area is 122 Å². The summed E-state index contributed by atoms with van der Waals surface area (Å²) in [6.45, 7) is 2.17. The number of hydrogen-bond donors (Lipinski definition) is 2. The molecule has 102 valence electrons. The van der Waals surface area contributed by atoms with E-state index in [1.54, 1.807) is 11.3 Å². The molecule has 2 heterocycles. The van der Waals surface area contributed by atoms with Gasteiger partial charge in [0, 0.05) is 16.5 Å². The van der Waals surface area contributed by atoms with Gasteiger partial charge in [-0.3, -0.25) is 10.8 Å². The fraction of sp³-hybridized carbons (Fsp3) is 0.188. The number of nitrogens with two attached hydrogens (primary N) is 1. The van der Waals surface area contributed by atoms with Crippen LogP contribution in [-0.2, 0) is 6.42 Å². The maximum atomic E-state index is 5.80. The van der Waals surface area contributed by atoms with Gasteiger partial charge in [0.05, 0.1) is 11.6 Å². The summed E-state index contributed by atoms with van der Waals surface area (Å²) in [6, 6.07) is 12.5. The molecule has 0 saturated carbocycles. The molecule has 3 aromatic rings. The highest BCUT2D eigenvalue weighted by Gasteiger charge is 2.17. The normalized spacial score (nSPS) is 12.7. The fourth-order valence-corrected chi connectivity index (χ4v) is 3.56. The average molecular weight is 283 g/mol. The molecule has 0 amide bonds. The molecule has 20 heavy (non-hydrogen) atoms. The van der Waals surface area contributed by atoms with Crippen LogP contribution in [-0.4, -0.2) is 4.98 Å². The summed E-state index contributed by atoms with van der Waals surface area (Å²) >= 11 is 1.74. The van der Waals surface area contributed by atoms with Crippen LogP contribution in [0.5, 0.6) is 0 Å². The van der Waals surface area contributed by atoms with Gasteiger partial charge >= 0.3 is 0 Å². The van der Waals surface area contributed by atoms with Gasteiger partial charge in [-0.15, -0.1) is 11.3 Å². The van der Waals surface area contributed by atoms with Crippen LogP contribution in [0.2, 0.25) is 0 Å². The molecule has 1 unspecified atom stereocenters. The van der Waals surface area contributed by atoms with E-state index >= 15 is 0 Å². The molecular weight excluding hydrogens is 266 g/mol. The molecule has 1 atom stereocenters. The minimum absolute atomic E-state index is 0.0244. The van der Waals surface area contributed by atoms with Crippen molar-refractivity contribution in [2.45, 2.75) is 19.4 Å². The second-order valence-corrected chi connectivity index (χ2v) is 5.67. The highest BCUT2D eigenvalue weighted by Crippen LogP contribution is 2.30. The van der Waals surface area contributed by atoms with Gasteiger partial charge in [0.25, 0.3) is 0 Å². The Morgan fingerprint density at radius 3 is 3.00 bits per heavy atom. The van der Waals surface area contributed by atoms with Crippen molar-refractivity contribution in [2.24, 2.45) is 5.84 Å². The molecule has 3 rings (SSSR count). The van der Waals surface area contributed by atoms with E-state index in [0.717, 1.165) is 22.9 Å². The zero-order valence-corrected chi connectivity index (χ0v) is 12.2. The number of hydrazine groups is 1. The van der Waals surface area contributed by atoms with Crippen LogP contribution < -0.4 is 11.3 Å². The average Bonchev–Trinajstić information content (AvgIpc) is 2.96. The second-order valence-electron chi connectivity index (χ2n) is 4.72. The van der Waals surface area contributed by atoms with E-state index in [4.69, 9.17) is 5.84 Å². The SMILES string of the molecule is CCc1ccsc1C(NN)c1ccc2cccnc2c1. The van der Waals surface area contributed by atoms with Gasteiger partial charge in [-0.05, 0) is 41.1 Å². The van der Waals surface area contributed by atoms with Gasteiger partial charge in [-0.25, -0.2) is 5.43 Å². The van der Waals surface area contributed by atoms with E-state index < -0.39 is 0 Å². The van der Waals surface area contributed by atoms with Gasteiger partial charge in [0.15, 0.2) is 0 Å². The standard InChI is InChI=1S/C16H17N3S/c1-2-11-7-9-20-16(11)15(19-17)13-6-5-12-4-3-8-18-14(12)10-13/h3-10,15,19H,2,17H2,1H3. The summed E-state index contributed by atoms with van der Waals surface area (Å²) in [4.78, 5) is 5.70. The third-order valence-corrected chi connectivity index (χ3v) is 4.58. The predicted molar refractivity (Wildman–Crippen MR) is 84.6 cm³/mol. The summed E-state index contributed by atoms with van der Waals surface area (Å²) in [5.41, 5.74) is 6.44. The van der Waals surface area contributed by atoms with Crippen LogP contribution in [0.15, 0.2) is 48.0 Å². The van der Waals surface area contributed by atoms with Gasteiger partial charge in [0.1, 0.15) is 0 Å². The quantitative estimate of drug-likeness (QED) is 0.570. The molecule has 0 aliphatic rings. The number of nitrogens with one attached hydrogen (secondary N) is 1. The Bertz CT molecular complexity index is 720. The van der Waals surface area contributed by atoms with Gasteiger partial charge in [-0.1, -0.05) is 25.1 Å². The Hall–Kier alpha value is -1.75. The monoisotopic (exact) mass is 283 g/mol. The van der Waals surface area contributed by atoms with Gasteiger partial charge in [-0.2, -0.15) is 0 Å². The molecule has 3 N–H and O–H groups in total. The minimum Gasteiger partial charge on any atom is -0.271 e. The van der Waals surface area contributed by atoms with Crippen LogP contribution in [0.25, 0.3) is 10.9 Å². The lowest BCUT2D eigenvalue weighted by atomic mass is 10.0. The van der Waals surface area contributed by atoms with Crippen LogP contribution in [0, 0.1) is 0 Å². The number of pyridine rings is 1. The lowest BCUT2D eigenvalue weighted by Gasteiger charge is -2.17. The maximum absolute atomic E-state index is 5.80. The Morgan fingerprint density at radius 2 is 2.20 bits per heavy atom. The van der Waals surface area contributed by atoms with E-state index in [-0.39, 0.29) is 6.04 Å². The number of fused-ring (bicyclic) bond motifs is 1. The van der Waals surface area contributed by atoms with Crippen molar-refractivity contribution in [3.05, 3.63) is 64.0 Å². The molecule has 0 bridgehead atoms. The number of rotatable bonds is 4. The smallest absolute Gasteiger partial charge is 0.0806 e. The first-order valence-electron chi connectivity index (χ1n) is 6.70. The van der Waals surface area contributed by atoms with Crippen molar-refractivity contribution >= 4 is 22.2 Å². The van der Waals surface area contributed by atoms with E-state index in [1.165, 1.54) is 10.4 Å². The lowest BCUT2D eigenvalue weighted by molar-refractivity contribution is 0.642. The zero-order chi connectivity index (χ0) is 13.9. The molecule has 0 fully saturated rings. The van der Waals surface area contributed by atoms with E-state index in [1.807, 2.05) is 12.3 Å². The largest absolute Gasteiger partial charge is 0.271 e. The Balaban J connectivity index is 2.07. The number of thiophene rings is 1. The first kappa shape index (κ1) is 13.2. The molecule has 2 aromatic heterocycles. The number of nitrogens with zero attached hydrogens (tertiary/aromatic N) is 1.